The average Bonchev–Trinajstić information content (AvgIpc) is 2.30. The Kier molecular flexibility index (Phi) is 6.63. The van der Waals surface area contributed by atoms with Crippen LogP contribution in [0.2, 0.25) is 0 Å². The van der Waals surface area contributed by atoms with Crippen LogP contribution >= 0.6 is 22.6 Å². The minimum absolute atomic E-state index is 0.492. The second-order valence-electron chi connectivity index (χ2n) is 3.46. The largest absolute Gasteiger partial charge is 0.373 e. The first kappa shape index (κ1) is 13.6. The van der Waals surface area contributed by atoms with Gasteiger partial charge in [0.1, 0.15) is 12.4 Å². The van der Waals surface area contributed by atoms with Gasteiger partial charge >= 0.3 is 0 Å². The Balaban J connectivity index is 2.58. The number of aromatic nitrogens is 2. The molecule has 4 nitrogen and oxygen atoms in total. The van der Waals surface area contributed by atoms with Gasteiger partial charge in [-0.15, -0.1) is 0 Å². The number of nitrogens with zero attached hydrogens (tertiary/aromatic N) is 2. The van der Waals surface area contributed by atoms with Gasteiger partial charge in [0.15, 0.2) is 5.82 Å². The van der Waals surface area contributed by atoms with Crippen molar-refractivity contribution in [2.75, 3.05) is 18.5 Å². The molecule has 90 valence electrons. The molecule has 0 radical (unpaired) electrons. The lowest BCUT2D eigenvalue weighted by atomic mass is 10.4. The molecule has 0 spiro atoms. The molecule has 1 heterocycles. The highest BCUT2D eigenvalue weighted by atomic mass is 127. The second-order valence-corrected chi connectivity index (χ2v) is 4.62. The number of anilines is 1. The van der Waals surface area contributed by atoms with Crippen LogP contribution in [0.5, 0.6) is 0 Å². The molecule has 1 aromatic rings. The summed E-state index contributed by atoms with van der Waals surface area (Å²) in [5, 5.41) is 3.28. The summed E-state index contributed by atoms with van der Waals surface area (Å²) in [7, 11) is 0. The third-order valence-electron chi connectivity index (χ3n) is 1.92. The van der Waals surface area contributed by atoms with Crippen molar-refractivity contribution in [3.63, 3.8) is 0 Å². The highest BCUT2D eigenvalue weighted by Gasteiger charge is 2.04. The topological polar surface area (TPSA) is 47.0 Å². The molecule has 1 aromatic heterocycles. The van der Waals surface area contributed by atoms with E-state index in [9.17, 15) is 0 Å². The molecule has 0 aliphatic carbocycles. The molecule has 0 aromatic carbocycles. The molecular weight excluding hydrogens is 317 g/mol. The predicted molar refractivity (Wildman–Crippen MR) is 73.5 cm³/mol. The molecule has 5 heteroatoms. The van der Waals surface area contributed by atoms with Gasteiger partial charge in [0, 0.05) is 19.3 Å². The fourth-order valence-corrected chi connectivity index (χ4v) is 1.60. The van der Waals surface area contributed by atoms with Gasteiger partial charge in [0.05, 0.1) is 3.57 Å². The Morgan fingerprint density at radius 2 is 2.19 bits per heavy atom. The van der Waals surface area contributed by atoms with Crippen LogP contribution in [-0.4, -0.2) is 23.1 Å². The lowest BCUT2D eigenvalue weighted by Crippen LogP contribution is -2.08. The fraction of sp³-hybridized carbons (Fsp3) is 0.636. The Bertz CT molecular complexity index is 320. The van der Waals surface area contributed by atoms with Gasteiger partial charge in [-0.25, -0.2) is 9.97 Å². The molecular formula is C11H18IN3O. The smallest absolute Gasteiger partial charge is 0.156 e. The van der Waals surface area contributed by atoms with Gasteiger partial charge in [-0.05, 0) is 35.4 Å². The van der Waals surface area contributed by atoms with Crippen molar-refractivity contribution in [3.05, 3.63) is 15.6 Å². The van der Waals surface area contributed by atoms with Crippen molar-refractivity contribution >= 4 is 28.4 Å². The van der Waals surface area contributed by atoms with Crippen molar-refractivity contribution < 1.29 is 4.74 Å². The summed E-state index contributed by atoms with van der Waals surface area (Å²) < 4.78 is 6.46. The third kappa shape index (κ3) is 4.61. The zero-order valence-corrected chi connectivity index (χ0v) is 12.0. The zero-order chi connectivity index (χ0) is 11.8. The summed E-state index contributed by atoms with van der Waals surface area (Å²) in [5.41, 5.74) is 0. The van der Waals surface area contributed by atoms with Crippen LogP contribution in [0.1, 0.15) is 32.5 Å². The molecule has 16 heavy (non-hydrogen) atoms. The number of hydrogen-bond donors (Lipinski definition) is 1. The Morgan fingerprint density at radius 3 is 2.88 bits per heavy atom. The van der Waals surface area contributed by atoms with Crippen LogP contribution in [0.15, 0.2) is 6.20 Å². The van der Waals surface area contributed by atoms with E-state index >= 15 is 0 Å². The minimum Gasteiger partial charge on any atom is -0.373 e. The number of ether oxygens (including phenoxy) is 1. The van der Waals surface area contributed by atoms with Crippen molar-refractivity contribution in [2.24, 2.45) is 0 Å². The summed E-state index contributed by atoms with van der Waals surface area (Å²) in [5.74, 6) is 1.65. The molecule has 1 N–H and O–H groups in total. The maximum absolute atomic E-state index is 5.41. The van der Waals surface area contributed by atoms with Crippen LogP contribution < -0.4 is 5.32 Å². The molecule has 0 aliphatic heterocycles. The van der Waals surface area contributed by atoms with E-state index in [1.54, 1.807) is 0 Å². The van der Waals surface area contributed by atoms with Crippen molar-refractivity contribution in [3.8, 4) is 0 Å². The van der Waals surface area contributed by atoms with Gasteiger partial charge < -0.3 is 10.1 Å². The standard InChI is InChI=1S/C11H18IN3O/c1-3-5-13-11-9(12)7-14-10(15-11)8-16-6-4-2/h7H,3-6,8H2,1-2H3,(H,13,14,15). The van der Waals surface area contributed by atoms with Gasteiger partial charge in [-0.1, -0.05) is 13.8 Å². The zero-order valence-electron chi connectivity index (χ0n) is 9.79. The summed E-state index contributed by atoms with van der Waals surface area (Å²) in [6.45, 7) is 6.40. The van der Waals surface area contributed by atoms with Crippen LogP contribution in [0.4, 0.5) is 5.82 Å². The van der Waals surface area contributed by atoms with Gasteiger partial charge in [0.2, 0.25) is 0 Å². The normalized spacial score (nSPS) is 10.4. The first-order valence-electron chi connectivity index (χ1n) is 5.61. The summed E-state index contributed by atoms with van der Waals surface area (Å²) in [4.78, 5) is 8.66. The van der Waals surface area contributed by atoms with Crippen molar-refractivity contribution in [2.45, 2.75) is 33.3 Å². The maximum atomic E-state index is 5.41. The highest BCUT2D eigenvalue weighted by Crippen LogP contribution is 2.14. The van der Waals surface area contributed by atoms with E-state index in [-0.39, 0.29) is 0 Å². The Hall–Kier alpha value is -0.430. The predicted octanol–water partition coefficient (Wildman–Crippen LogP) is 2.83. The molecule has 1 rings (SSSR count). The lowest BCUT2D eigenvalue weighted by Gasteiger charge is -2.08. The van der Waals surface area contributed by atoms with Crippen LogP contribution in [0.25, 0.3) is 0 Å². The van der Waals surface area contributed by atoms with E-state index in [2.05, 4.69) is 51.7 Å². The van der Waals surface area contributed by atoms with Crippen LogP contribution in [-0.2, 0) is 11.3 Å². The molecule has 0 atom stereocenters. The number of halogens is 1. The second kappa shape index (κ2) is 7.78. The molecule has 0 amide bonds. The first-order chi connectivity index (χ1) is 7.77. The summed E-state index contributed by atoms with van der Waals surface area (Å²) >= 11 is 2.23. The van der Waals surface area contributed by atoms with E-state index < -0.39 is 0 Å². The molecule has 0 aliphatic rings. The molecule has 0 saturated heterocycles. The molecule has 0 fully saturated rings. The summed E-state index contributed by atoms with van der Waals surface area (Å²) in [6.07, 6.45) is 3.93. The summed E-state index contributed by atoms with van der Waals surface area (Å²) in [6, 6.07) is 0. The first-order valence-corrected chi connectivity index (χ1v) is 6.68. The Labute approximate surface area is 110 Å². The molecule has 0 saturated carbocycles. The van der Waals surface area contributed by atoms with E-state index in [0.717, 1.165) is 41.2 Å². The van der Waals surface area contributed by atoms with Gasteiger partial charge in [-0.2, -0.15) is 0 Å². The number of hydrogen-bond acceptors (Lipinski definition) is 4. The molecule has 0 bridgehead atoms. The minimum atomic E-state index is 0.492. The van der Waals surface area contributed by atoms with E-state index in [0.29, 0.717) is 6.61 Å². The number of rotatable bonds is 7. The SMILES string of the molecule is CCCNc1nc(COCCC)ncc1I. The van der Waals surface area contributed by atoms with Gasteiger partial charge in [-0.3, -0.25) is 0 Å². The van der Waals surface area contributed by atoms with Crippen molar-refractivity contribution in [1.29, 1.82) is 0 Å². The lowest BCUT2D eigenvalue weighted by molar-refractivity contribution is 0.116. The van der Waals surface area contributed by atoms with E-state index in [1.165, 1.54) is 0 Å². The molecule has 0 unspecified atom stereocenters. The average molecular weight is 335 g/mol. The quantitative estimate of drug-likeness (QED) is 0.615. The van der Waals surface area contributed by atoms with Crippen LogP contribution in [0.3, 0.4) is 0 Å². The fourth-order valence-electron chi connectivity index (χ4n) is 1.15. The van der Waals surface area contributed by atoms with E-state index in [1.807, 2.05) is 6.20 Å². The Morgan fingerprint density at radius 1 is 1.38 bits per heavy atom. The maximum Gasteiger partial charge on any atom is 0.156 e. The van der Waals surface area contributed by atoms with Gasteiger partial charge in [0.25, 0.3) is 0 Å². The van der Waals surface area contributed by atoms with Crippen LogP contribution in [0, 0.1) is 3.57 Å². The van der Waals surface area contributed by atoms with Crippen molar-refractivity contribution in [1.82, 2.24) is 9.97 Å². The monoisotopic (exact) mass is 335 g/mol. The highest BCUT2D eigenvalue weighted by molar-refractivity contribution is 14.1. The third-order valence-corrected chi connectivity index (χ3v) is 2.71. The van der Waals surface area contributed by atoms with E-state index in [4.69, 9.17) is 4.74 Å². The number of nitrogens with one attached hydrogen (secondary N) is 1.